The average Bonchev–Trinajstić information content (AvgIpc) is 2.55. The Morgan fingerprint density at radius 3 is 2.80 bits per heavy atom. The highest BCUT2D eigenvalue weighted by Gasteiger charge is 2.20. The number of aromatic nitrogens is 2. The monoisotopic (exact) mass is 361 g/mol. The lowest BCUT2D eigenvalue weighted by molar-refractivity contribution is -0.115. The number of rotatable bonds is 7. The molecule has 25 heavy (non-hydrogen) atoms. The van der Waals surface area contributed by atoms with E-state index in [-0.39, 0.29) is 23.3 Å². The minimum absolute atomic E-state index is 0.110. The number of hydrogen-bond donors (Lipinski definition) is 2. The second kappa shape index (κ2) is 8.82. The molecule has 2 N–H and O–H groups in total. The molecular formula is C18H23N3O3S. The minimum Gasteiger partial charge on any atom is -0.378 e. The van der Waals surface area contributed by atoms with Crippen LogP contribution in [-0.4, -0.2) is 28.2 Å². The van der Waals surface area contributed by atoms with Crippen molar-refractivity contribution in [1.82, 2.24) is 9.97 Å². The Hall–Kier alpha value is -2.12. The number of nitrogens with zero attached hydrogens (tertiary/aromatic N) is 1. The molecule has 7 heteroatoms. The van der Waals surface area contributed by atoms with Crippen LogP contribution in [-0.2, 0) is 16.1 Å². The Morgan fingerprint density at radius 2 is 2.12 bits per heavy atom. The average molecular weight is 361 g/mol. The third kappa shape index (κ3) is 5.44. The smallest absolute Gasteiger partial charge is 0.251 e. The number of benzene rings is 1. The molecule has 1 aromatic carbocycles. The van der Waals surface area contributed by atoms with Gasteiger partial charge in [0.05, 0.1) is 17.6 Å². The highest BCUT2D eigenvalue weighted by molar-refractivity contribution is 8.00. The maximum Gasteiger partial charge on any atom is 0.251 e. The fourth-order valence-electron chi connectivity index (χ4n) is 2.30. The summed E-state index contributed by atoms with van der Waals surface area (Å²) in [6, 6.07) is 7.33. The van der Waals surface area contributed by atoms with Gasteiger partial charge in [0.1, 0.15) is 0 Å². The first kappa shape index (κ1) is 19.2. The van der Waals surface area contributed by atoms with Gasteiger partial charge in [0.15, 0.2) is 5.16 Å². The van der Waals surface area contributed by atoms with Crippen LogP contribution < -0.4 is 10.9 Å². The minimum atomic E-state index is -0.360. The lowest BCUT2D eigenvalue weighted by Crippen LogP contribution is -2.25. The van der Waals surface area contributed by atoms with Crippen LogP contribution in [0.15, 0.2) is 34.2 Å². The molecule has 0 aliphatic rings. The first-order valence-electron chi connectivity index (χ1n) is 8.07. The van der Waals surface area contributed by atoms with Crippen molar-refractivity contribution in [2.75, 3.05) is 12.4 Å². The SMILES string of the molecule is CCC(Sc1nc(COC)cc(=O)[nH]1)C(=O)Nc1cc(C)ccc1C. The maximum atomic E-state index is 12.6. The van der Waals surface area contributed by atoms with Gasteiger partial charge in [0.25, 0.3) is 5.56 Å². The molecule has 1 heterocycles. The van der Waals surface area contributed by atoms with Crippen LogP contribution in [0, 0.1) is 13.8 Å². The molecular weight excluding hydrogens is 338 g/mol. The molecule has 1 aromatic heterocycles. The van der Waals surface area contributed by atoms with Gasteiger partial charge in [-0.15, -0.1) is 0 Å². The van der Waals surface area contributed by atoms with Crippen LogP contribution in [0.5, 0.6) is 0 Å². The molecule has 1 amide bonds. The molecule has 1 atom stereocenters. The molecule has 6 nitrogen and oxygen atoms in total. The standard InChI is InChI=1S/C18H23N3O3S/c1-5-15(17(23)20-14-8-11(2)6-7-12(14)3)25-18-19-13(10-24-4)9-16(22)21-18/h6-9,15H,5,10H2,1-4H3,(H,20,23)(H,19,21,22). The van der Waals surface area contributed by atoms with E-state index in [0.717, 1.165) is 16.8 Å². The molecule has 0 spiro atoms. The van der Waals surface area contributed by atoms with E-state index in [1.54, 1.807) is 7.11 Å². The molecule has 2 aromatic rings. The summed E-state index contributed by atoms with van der Waals surface area (Å²) in [6.45, 7) is 6.12. The number of methoxy groups -OCH3 is 1. The highest BCUT2D eigenvalue weighted by Crippen LogP contribution is 2.24. The van der Waals surface area contributed by atoms with Crippen molar-refractivity contribution in [3.8, 4) is 0 Å². The molecule has 0 fully saturated rings. The summed E-state index contributed by atoms with van der Waals surface area (Å²) in [4.78, 5) is 31.4. The number of carbonyl (C=O) groups is 1. The zero-order chi connectivity index (χ0) is 18.4. The zero-order valence-corrected chi connectivity index (χ0v) is 15.7. The molecule has 0 bridgehead atoms. The maximum absolute atomic E-state index is 12.6. The van der Waals surface area contributed by atoms with Crippen molar-refractivity contribution >= 4 is 23.4 Å². The summed E-state index contributed by atoms with van der Waals surface area (Å²) in [5, 5.41) is 3.03. The second-order valence-electron chi connectivity index (χ2n) is 5.80. The van der Waals surface area contributed by atoms with Gasteiger partial charge in [-0.2, -0.15) is 0 Å². The normalized spacial score (nSPS) is 12.0. The fraction of sp³-hybridized carbons (Fsp3) is 0.389. The number of amides is 1. The molecule has 0 radical (unpaired) electrons. The van der Waals surface area contributed by atoms with Crippen LogP contribution in [0.4, 0.5) is 5.69 Å². The summed E-state index contributed by atoms with van der Waals surface area (Å²) in [5.74, 6) is -0.110. The first-order valence-corrected chi connectivity index (χ1v) is 8.94. The molecule has 0 saturated heterocycles. The Labute approximate surface area is 151 Å². The number of aromatic amines is 1. The van der Waals surface area contributed by atoms with Gasteiger partial charge in [-0.1, -0.05) is 30.8 Å². The van der Waals surface area contributed by atoms with Crippen molar-refractivity contribution in [1.29, 1.82) is 0 Å². The summed E-state index contributed by atoms with van der Waals surface area (Å²) in [5.41, 5.74) is 3.18. The van der Waals surface area contributed by atoms with Gasteiger partial charge >= 0.3 is 0 Å². The Kier molecular flexibility index (Phi) is 6.78. The molecule has 1 unspecified atom stereocenters. The summed E-state index contributed by atoms with van der Waals surface area (Å²) in [7, 11) is 1.54. The van der Waals surface area contributed by atoms with Crippen LogP contribution in [0.2, 0.25) is 0 Å². The van der Waals surface area contributed by atoms with E-state index in [4.69, 9.17) is 4.74 Å². The summed E-state index contributed by atoms with van der Waals surface area (Å²) >= 11 is 1.25. The van der Waals surface area contributed by atoms with Crippen molar-refractivity contribution in [2.24, 2.45) is 0 Å². The Balaban J connectivity index is 2.15. The van der Waals surface area contributed by atoms with Crippen molar-refractivity contribution in [3.05, 3.63) is 51.4 Å². The largest absolute Gasteiger partial charge is 0.378 e. The van der Waals surface area contributed by atoms with E-state index in [9.17, 15) is 9.59 Å². The molecule has 0 aliphatic carbocycles. The number of anilines is 1. The van der Waals surface area contributed by atoms with Gasteiger partial charge in [0, 0.05) is 18.9 Å². The molecule has 134 valence electrons. The number of nitrogens with one attached hydrogen (secondary N) is 2. The molecule has 2 rings (SSSR count). The summed E-state index contributed by atoms with van der Waals surface area (Å²) in [6.07, 6.45) is 0.611. The van der Waals surface area contributed by atoms with Crippen LogP contribution >= 0.6 is 11.8 Å². The lowest BCUT2D eigenvalue weighted by Gasteiger charge is -2.16. The van der Waals surface area contributed by atoms with Crippen LogP contribution in [0.3, 0.4) is 0 Å². The van der Waals surface area contributed by atoms with Gasteiger partial charge in [-0.3, -0.25) is 9.59 Å². The van der Waals surface area contributed by atoms with Gasteiger partial charge in [-0.25, -0.2) is 4.98 Å². The van der Waals surface area contributed by atoms with E-state index in [1.807, 2.05) is 39.0 Å². The third-order valence-electron chi connectivity index (χ3n) is 3.63. The quantitative estimate of drug-likeness (QED) is 0.585. The van der Waals surface area contributed by atoms with Gasteiger partial charge < -0.3 is 15.0 Å². The zero-order valence-electron chi connectivity index (χ0n) is 14.9. The second-order valence-corrected chi connectivity index (χ2v) is 6.99. The number of H-pyrrole nitrogens is 1. The predicted octanol–water partition coefficient (Wildman–Crippen LogP) is 3.04. The Morgan fingerprint density at radius 1 is 1.36 bits per heavy atom. The molecule has 0 saturated carbocycles. The topological polar surface area (TPSA) is 84.1 Å². The van der Waals surface area contributed by atoms with Gasteiger partial charge in [0.2, 0.25) is 5.91 Å². The predicted molar refractivity (Wildman–Crippen MR) is 100 cm³/mol. The third-order valence-corrected chi connectivity index (χ3v) is 4.88. The van der Waals surface area contributed by atoms with E-state index >= 15 is 0 Å². The van der Waals surface area contributed by atoms with E-state index in [0.29, 0.717) is 17.3 Å². The number of carbonyl (C=O) groups excluding carboxylic acids is 1. The van der Waals surface area contributed by atoms with Crippen molar-refractivity contribution in [2.45, 2.75) is 44.2 Å². The van der Waals surface area contributed by atoms with E-state index in [2.05, 4.69) is 15.3 Å². The Bertz CT molecular complexity index is 804. The number of ether oxygens (including phenoxy) is 1. The van der Waals surface area contributed by atoms with Crippen molar-refractivity contribution < 1.29 is 9.53 Å². The van der Waals surface area contributed by atoms with Crippen LogP contribution in [0.25, 0.3) is 0 Å². The highest BCUT2D eigenvalue weighted by atomic mass is 32.2. The summed E-state index contributed by atoms with van der Waals surface area (Å²) < 4.78 is 5.02. The van der Waals surface area contributed by atoms with Gasteiger partial charge in [-0.05, 0) is 37.5 Å². The number of aryl methyl sites for hydroxylation is 2. The van der Waals surface area contributed by atoms with E-state index < -0.39 is 0 Å². The van der Waals surface area contributed by atoms with Crippen molar-refractivity contribution in [3.63, 3.8) is 0 Å². The number of thioether (sulfide) groups is 1. The number of hydrogen-bond acceptors (Lipinski definition) is 5. The lowest BCUT2D eigenvalue weighted by atomic mass is 10.1. The molecule has 0 aliphatic heterocycles. The van der Waals surface area contributed by atoms with Crippen LogP contribution in [0.1, 0.15) is 30.2 Å². The first-order chi connectivity index (χ1) is 11.9. The fourth-order valence-corrected chi connectivity index (χ4v) is 3.23. The van der Waals surface area contributed by atoms with E-state index in [1.165, 1.54) is 17.8 Å².